The van der Waals surface area contributed by atoms with Crippen molar-refractivity contribution in [3.8, 4) is 66.8 Å². The smallest absolute Gasteiger partial charge is 0.160 e. The molecule has 33 aromatic rings. The summed E-state index contributed by atoms with van der Waals surface area (Å²) in [5.41, 5.74) is 35.4. The third-order valence-electron chi connectivity index (χ3n) is 29.2. The van der Waals surface area contributed by atoms with Crippen molar-refractivity contribution in [1.29, 1.82) is 0 Å². The molecule has 0 fully saturated rings. The lowest BCUT2D eigenvalue weighted by Crippen LogP contribution is -1.85. The quantitative estimate of drug-likeness (QED) is 0.165. The van der Waals surface area contributed by atoms with Gasteiger partial charge in [0.25, 0.3) is 0 Å². The fraction of sp³-hybridized carbons (Fsp3) is 0. The highest BCUT2D eigenvalue weighted by Gasteiger charge is 2.31. The largest absolute Gasteiger partial charge is 0.454 e. The van der Waals surface area contributed by atoms with Crippen LogP contribution in [0.1, 0.15) is 0 Å². The van der Waals surface area contributed by atoms with E-state index in [0.717, 1.165) is 165 Å². The summed E-state index contributed by atoms with van der Waals surface area (Å²) in [6, 6.07) is 149. The summed E-state index contributed by atoms with van der Waals surface area (Å²) in [5, 5.41) is 27.9. The van der Waals surface area contributed by atoms with E-state index in [9.17, 15) is 0 Å². The van der Waals surface area contributed by atoms with Gasteiger partial charge in [-0.3, -0.25) is 0 Å². The molecule has 624 valence electrons. The number of hydrogen-bond donors (Lipinski definition) is 0. The summed E-state index contributed by atoms with van der Waals surface area (Å²) in [6.07, 6.45) is 0. The molecule has 12 heterocycles. The molecule has 0 atom stereocenters. The summed E-state index contributed by atoms with van der Waals surface area (Å²) < 4.78 is 47.3. The maximum atomic E-state index is 6.69. The fourth-order valence-electron chi connectivity index (χ4n) is 23.2. The summed E-state index contributed by atoms with van der Waals surface area (Å²) in [4.78, 5) is 0. The predicted molar refractivity (Wildman–Crippen MR) is 560 cm³/mol. The van der Waals surface area contributed by atoms with Crippen molar-refractivity contribution in [3.63, 3.8) is 0 Å². The Morgan fingerprint density at radius 1 is 0.111 bits per heavy atom. The zero-order valence-electron chi connectivity index (χ0n) is 72.1. The molecular weight excluding hydrogens is 1650 g/mol. The standard InChI is InChI=1S/3C42H23NO2/c1-2-9-24(10-3-1)25-11-8-12-26(21-25)27-22-34-30-17-19-32-28-13-4-6-15-36(28)44-41(32)39(30)43-38(34)35(23-27)31-18-20-33-29-14-5-7-16-37(29)45-42(33)40(31)43;1-2-8-24(9-3-1)25-14-16-26(17-15-25)27-22-34-30-18-20-32-28-10-4-6-12-36(28)44-41(32)39(30)43-38(34)35(23-27)31-19-21-33-29-11-5-7-13-37(29)45-42(33)40(31)43;1-2-10-24(11-3-1)26-12-4-5-13-27(26)25-22-34-30-18-20-32-28-14-6-8-16-36(28)44-41(32)39(30)43-38(34)35(23-25)31-19-21-33-29-15-7-9-17-37(29)45-42(33)40(31)43/h3*1-23H. The third-order valence-corrected chi connectivity index (χ3v) is 29.2. The summed E-state index contributed by atoms with van der Waals surface area (Å²) in [6.45, 7) is 0. The molecule has 12 aromatic heterocycles. The number of benzene rings is 21. The van der Waals surface area contributed by atoms with E-state index in [1.807, 2.05) is 36.4 Å². The van der Waals surface area contributed by atoms with Crippen LogP contribution in [0, 0.1) is 0 Å². The molecule has 0 spiro atoms. The van der Waals surface area contributed by atoms with E-state index in [-0.39, 0.29) is 0 Å². The molecule has 0 saturated heterocycles. The van der Waals surface area contributed by atoms with Crippen LogP contribution in [0.15, 0.2) is 445 Å². The minimum Gasteiger partial charge on any atom is -0.454 e. The Morgan fingerprint density at radius 3 is 0.607 bits per heavy atom. The molecule has 0 radical (unpaired) electrons. The van der Waals surface area contributed by atoms with Crippen molar-refractivity contribution in [3.05, 3.63) is 419 Å². The van der Waals surface area contributed by atoms with Crippen molar-refractivity contribution in [1.82, 2.24) is 13.2 Å². The van der Waals surface area contributed by atoms with Gasteiger partial charge in [-0.25, -0.2) is 0 Å². The normalized spacial score (nSPS) is 12.4. The number of furan rings is 6. The van der Waals surface area contributed by atoms with Gasteiger partial charge in [0.15, 0.2) is 33.5 Å². The van der Waals surface area contributed by atoms with E-state index in [2.05, 4.69) is 395 Å². The van der Waals surface area contributed by atoms with Crippen LogP contribution in [-0.2, 0) is 0 Å². The maximum Gasteiger partial charge on any atom is 0.160 e. The van der Waals surface area contributed by atoms with Gasteiger partial charge in [-0.1, -0.05) is 303 Å². The van der Waals surface area contributed by atoms with Crippen LogP contribution in [0.5, 0.6) is 0 Å². The summed E-state index contributed by atoms with van der Waals surface area (Å²) in [7, 11) is 0. The molecule has 0 bridgehead atoms. The molecule has 0 aliphatic rings. The Kier molecular flexibility index (Phi) is 14.7. The molecule has 0 N–H and O–H groups in total. The van der Waals surface area contributed by atoms with Gasteiger partial charge in [0.05, 0.1) is 49.7 Å². The van der Waals surface area contributed by atoms with Gasteiger partial charge < -0.3 is 39.7 Å². The zero-order chi connectivity index (χ0) is 87.7. The topological polar surface area (TPSA) is 92.1 Å². The Labute approximate surface area is 765 Å². The van der Waals surface area contributed by atoms with Gasteiger partial charge in [-0.15, -0.1) is 0 Å². The average molecular weight is 1720 g/mol. The van der Waals surface area contributed by atoms with E-state index in [1.165, 1.54) is 148 Å². The second kappa shape index (κ2) is 27.2. The Bertz CT molecular complexity index is 10400. The highest BCUT2D eigenvalue weighted by atomic mass is 16.4. The van der Waals surface area contributed by atoms with E-state index >= 15 is 0 Å². The van der Waals surface area contributed by atoms with Crippen LogP contribution in [0.4, 0.5) is 0 Å². The molecular formula is C126H69N3O6. The van der Waals surface area contributed by atoms with Gasteiger partial charge in [0, 0.05) is 129 Å². The van der Waals surface area contributed by atoms with Crippen LogP contribution in [0.3, 0.4) is 0 Å². The number of fused-ring (bicyclic) bond motifs is 42. The molecule has 0 aliphatic heterocycles. The third kappa shape index (κ3) is 10.1. The van der Waals surface area contributed by atoms with Crippen LogP contribution in [-0.4, -0.2) is 13.2 Å². The van der Waals surface area contributed by atoms with Crippen molar-refractivity contribution in [2.24, 2.45) is 0 Å². The lowest BCUT2D eigenvalue weighted by atomic mass is 9.92. The zero-order valence-corrected chi connectivity index (χ0v) is 72.1. The second-order valence-corrected chi connectivity index (χ2v) is 36.2. The Hall–Kier alpha value is -18.2. The number of nitrogens with zero attached hydrogens (tertiary/aromatic N) is 3. The first-order chi connectivity index (χ1) is 67.0. The molecule has 0 aliphatic carbocycles. The number of aromatic nitrogens is 3. The highest BCUT2D eigenvalue weighted by Crippen LogP contribution is 2.54. The first-order valence-electron chi connectivity index (χ1n) is 46.1. The minimum absolute atomic E-state index is 0.899. The van der Waals surface area contributed by atoms with Crippen LogP contribution < -0.4 is 0 Å². The average Bonchev–Trinajstić information content (AvgIpc) is 1.52. The molecule has 0 unspecified atom stereocenters. The van der Waals surface area contributed by atoms with Gasteiger partial charge in [0.2, 0.25) is 0 Å². The summed E-state index contributed by atoms with van der Waals surface area (Å²) >= 11 is 0. The van der Waals surface area contributed by atoms with Crippen LogP contribution in [0.25, 0.3) is 313 Å². The Morgan fingerprint density at radius 2 is 0.311 bits per heavy atom. The molecule has 0 saturated carbocycles. The van der Waals surface area contributed by atoms with E-state index < -0.39 is 0 Å². The second-order valence-electron chi connectivity index (χ2n) is 36.2. The van der Waals surface area contributed by atoms with Gasteiger partial charge in [-0.2, -0.15) is 0 Å². The monoisotopic (exact) mass is 1720 g/mol. The predicted octanol–water partition coefficient (Wildman–Crippen LogP) is 35.9. The molecule has 21 aromatic carbocycles. The SMILES string of the molecule is c1ccc(-c2ccc(-c3cc4c5ccc6c7ccccc7oc6c5n5c4c(c3)c3ccc4c6ccccc6oc4c35)cc2)cc1.c1ccc(-c2cccc(-c3cc4c5ccc6c7ccccc7oc6c5n5c4c(c3)c3ccc4c6ccccc6oc4c35)c2)cc1.c1ccc(-c2ccccc2-c2cc3c4ccc5c6ccccc6oc5c4n4c3c(c2)c2ccc3c5ccccc5oc3c24)cc1. The molecule has 0 amide bonds. The first-order valence-corrected chi connectivity index (χ1v) is 46.1. The minimum atomic E-state index is 0.899. The molecule has 135 heavy (non-hydrogen) atoms. The van der Waals surface area contributed by atoms with Crippen molar-refractivity contribution >= 4 is 246 Å². The van der Waals surface area contributed by atoms with E-state index in [1.54, 1.807) is 0 Å². The van der Waals surface area contributed by atoms with E-state index in [4.69, 9.17) is 26.5 Å². The van der Waals surface area contributed by atoms with Crippen LogP contribution in [0.2, 0.25) is 0 Å². The highest BCUT2D eigenvalue weighted by molar-refractivity contribution is 6.36. The van der Waals surface area contributed by atoms with Crippen molar-refractivity contribution < 1.29 is 26.5 Å². The van der Waals surface area contributed by atoms with Crippen molar-refractivity contribution in [2.45, 2.75) is 0 Å². The van der Waals surface area contributed by atoms with Gasteiger partial charge in [0.1, 0.15) is 33.5 Å². The van der Waals surface area contributed by atoms with E-state index in [0.29, 0.717) is 0 Å². The number of hydrogen-bond acceptors (Lipinski definition) is 6. The number of rotatable bonds is 6. The molecule has 9 nitrogen and oxygen atoms in total. The molecule has 33 rings (SSSR count). The first kappa shape index (κ1) is 72.7. The maximum absolute atomic E-state index is 6.69. The summed E-state index contributed by atoms with van der Waals surface area (Å²) in [5.74, 6) is 0. The molecule has 9 heteroatoms. The Balaban J connectivity index is 0.0000000945. The fourth-order valence-corrected chi connectivity index (χ4v) is 23.2. The lowest BCUT2D eigenvalue weighted by Gasteiger charge is -2.11. The van der Waals surface area contributed by atoms with Gasteiger partial charge in [-0.05, 0) is 182 Å². The van der Waals surface area contributed by atoms with Crippen LogP contribution >= 0.6 is 0 Å². The lowest BCUT2D eigenvalue weighted by molar-refractivity contribution is 0.669. The number of para-hydroxylation sites is 6. The van der Waals surface area contributed by atoms with Gasteiger partial charge >= 0.3 is 0 Å². The van der Waals surface area contributed by atoms with Crippen molar-refractivity contribution in [2.75, 3.05) is 0 Å².